The number of likely N-dealkylation sites (tertiary alicyclic amines) is 1. The third kappa shape index (κ3) is 3.08. The third-order valence-corrected chi connectivity index (χ3v) is 3.93. The molecule has 0 saturated carbocycles. The zero-order chi connectivity index (χ0) is 16.4. The van der Waals surface area contributed by atoms with Gasteiger partial charge in [0.15, 0.2) is 5.69 Å². The summed E-state index contributed by atoms with van der Waals surface area (Å²) in [6.45, 7) is 0.405. The summed E-state index contributed by atoms with van der Waals surface area (Å²) in [4.78, 5) is 25.2. The van der Waals surface area contributed by atoms with Gasteiger partial charge in [0, 0.05) is 12.7 Å². The van der Waals surface area contributed by atoms with Crippen molar-refractivity contribution < 1.29 is 19.1 Å². The molecular formula is C16H16FN3O3. The van der Waals surface area contributed by atoms with E-state index in [1.807, 2.05) is 0 Å². The minimum absolute atomic E-state index is 0.155. The minimum atomic E-state index is -0.998. The number of carbonyl (C=O) groups is 2. The number of aliphatic carboxylic acids is 1. The van der Waals surface area contributed by atoms with Crippen LogP contribution in [0.1, 0.15) is 29.8 Å². The molecule has 1 aliphatic rings. The van der Waals surface area contributed by atoms with Crippen molar-refractivity contribution >= 4 is 11.9 Å². The van der Waals surface area contributed by atoms with Gasteiger partial charge in [0.2, 0.25) is 0 Å². The summed E-state index contributed by atoms with van der Waals surface area (Å²) in [7, 11) is 0. The molecule has 7 heteroatoms. The molecule has 1 N–H and O–H groups in total. The van der Waals surface area contributed by atoms with Crippen molar-refractivity contribution in [2.45, 2.75) is 25.3 Å². The van der Waals surface area contributed by atoms with Crippen LogP contribution in [0.2, 0.25) is 0 Å². The van der Waals surface area contributed by atoms with E-state index in [1.165, 1.54) is 27.8 Å². The van der Waals surface area contributed by atoms with Gasteiger partial charge >= 0.3 is 5.97 Å². The van der Waals surface area contributed by atoms with Crippen molar-refractivity contribution in [1.82, 2.24) is 14.7 Å². The predicted octanol–water partition coefficient (Wildman–Crippen LogP) is 2.09. The molecule has 23 heavy (non-hydrogen) atoms. The summed E-state index contributed by atoms with van der Waals surface area (Å²) in [5, 5.41) is 13.4. The zero-order valence-electron chi connectivity index (χ0n) is 12.4. The van der Waals surface area contributed by atoms with E-state index in [4.69, 9.17) is 0 Å². The van der Waals surface area contributed by atoms with Crippen LogP contribution in [0.15, 0.2) is 36.5 Å². The second-order valence-corrected chi connectivity index (χ2v) is 5.47. The van der Waals surface area contributed by atoms with Crippen molar-refractivity contribution in [3.63, 3.8) is 0 Å². The van der Waals surface area contributed by atoms with Gasteiger partial charge in [-0.05, 0) is 43.5 Å². The summed E-state index contributed by atoms with van der Waals surface area (Å²) >= 11 is 0. The van der Waals surface area contributed by atoms with Crippen molar-refractivity contribution in [1.29, 1.82) is 0 Å². The van der Waals surface area contributed by atoms with Gasteiger partial charge < -0.3 is 10.0 Å². The summed E-state index contributed by atoms with van der Waals surface area (Å²) in [5.41, 5.74) is 0.653. The van der Waals surface area contributed by atoms with Crippen LogP contribution < -0.4 is 0 Å². The Kier molecular flexibility index (Phi) is 4.10. The molecule has 2 aromatic rings. The van der Waals surface area contributed by atoms with E-state index >= 15 is 0 Å². The van der Waals surface area contributed by atoms with Crippen molar-refractivity contribution in [3.8, 4) is 5.69 Å². The number of nitrogens with zero attached hydrogens (tertiary/aromatic N) is 3. The SMILES string of the molecule is O=C(O)[C@@H]1CCCCN1C(=O)c1ccn(-c2cccc(F)c2)n1. The van der Waals surface area contributed by atoms with Crippen LogP contribution >= 0.6 is 0 Å². The number of rotatable bonds is 3. The van der Waals surface area contributed by atoms with Gasteiger partial charge in [0.05, 0.1) is 5.69 Å². The van der Waals surface area contributed by atoms with Crippen molar-refractivity contribution in [3.05, 3.63) is 48.0 Å². The molecule has 0 aliphatic carbocycles. The van der Waals surface area contributed by atoms with E-state index in [0.29, 0.717) is 18.7 Å². The average Bonchev–Trinajstić information content (AvgIpc) is 3.04. The number of aromatic nitrogens is 2. The molecule has 6 nitrogen and oxygen atoms in total. The Bertz CT molecular complexity index is 744. The molecule has 120 valence electrons. The number of hydrogen-bond acceptors (Lipinski definition) is 3. The Morgan fingerprint density at radius 2 is 2.09 bits per heavy atom. The smallest absolute Gasteiger partial charge is 0.326 e. The van der Waals surface area contributed by atoms with Crippen molar-refractivity contribution in [2.75, 3.05) is 6.54 Å². The second-order valence-electron chi connectivity index (χ2n) is 5.47. The lowest BCUT2D eigenvalue weighted by atomic mass is 10.0. The highest BCUT2D eigenvalue weighted by molar-refractivity contribution is 5.95. The van der Waals surface area contributed by atoms with Crippen LogP contribution in [0.4, 0.5) is 4.39 Å². The van der Waals surface area contributed by atoms with Crippen LogP contribution in [-0.2, 0) is 4.79 Å². The van der Waals surface area contributed by atoms with E-state index < -0.39 is 23.7 Å². The fraction of sp³-hybridized carbons (Fsp3) is 0.312. The molecule has 0 radical (unpaired) electrons. The normalized spacial score (nSPS) is 18.0. The highest BCUT2D eigenvalue weighted by Gasteiger charge is 2.33. The van der Waals surface area contributed by atoms with Gasteiger partial charge in [-0.2, -0.15) is 5.10 Å². The molecule has 1 atom stereocenters. The third-order valence-electron chi connectivity index (χ3n) is 3.93. The fourth-order valence-corrected chi connectivity index (χ4v) is 2.78. The van der Waals surface area contributed by atoms with E-state index in [0.717, 1.165) is 12.8 Å². The molecule has 1 aromatic heterocycles. The largest absolute Gasteiger partial charge is 0.480 e. The highest BCUT2D eigenvalue weighted by Crippen LogP contribution is 2.20. The topological polar surface area (TPSA) is 75.4 Å². The molecule has 0 unspecified atom stereocenters. The van der Waals surface area contributed by atoms with Gasteiger partial charge in [-0.3, -0.25) is 4.79 Å². The van der Waals surface area contributed by atoms with Crippen LogP contribution in [0.5, 0.6) is 0 Å². The number of piperidine rings is 1. The summed E-state index contributed by atoms with van der Waals surface area (Å²) < 4.78 is 14.7. The number of carboxylic acids is 1. The molecule has 1 saturated heterocycles. The standard InChI is InChI=1S/C16H16FN3O3/c17-11-4-3-5-12(10-11)20-9-7-13(18-20)15(21)19-8-2-1-6-14(19)16(22)23/h3-5,7,9-10,14H,1-2,6,8H2,(H,22,23)/t14-/m0/s1. The Labute approximate surface area is 132 Å². The van der Waals surface area contributed by atoms with Gasteiger partial charge in [0.1, 0.15) is 11.9 Å². The van der Waals surface area contributed by atoms with Crippen molar-refractivity contribution in [2.24, 2.45) is 0 Å². The predicted molar refractivity (Wildman–Crippen MR) is 79.8 cm³/mol. The Balaban J connectivity index is 1.84. The van der Waals surface area contributed by atoms with Gasteiger partial charge in [-0.1, -0.05) is 6.07 Å². The van der Waals surface area contributed by atoms with Crippen LogP contribution in [0.3, 0.4) is 0 Å². The summed E-state index contributed by atoms with van der Waals surface area (Å²) in [5.74, 6) is -1.80. The number of halogens is 1. The van der Waals surface area contributed by atoms with Gasteiger partial charge in [-0.15, -0.1) is 0 Å². The molecule has 0 spiro atoms. The first-order chi connectivity index (χ1) is 11.1. The maximum Gasteiger partial charge on any atom is 0.326 e. The van der Waals surface area contributed by atoms with Gasteiger partial charge in [0.25, 0.3) is 5.91 Å². The first-order valence-corrected chi connectivity index (χ1v) is 7.41. The first-order valence-electron chi connectivity index (χ1n) is 7.41. The first kappa shape index (κ1) is 15.2. The molecule has 0 bridgehead atoms. The van der Waals surface area contributed by atoms with Crippen LogP contribution in [0.25, 0.3) is 5.69 Å². The van der Waals surface area contributed by atoms with E-state index in [9.17, 15) is 19.1 Å². The lowest BCUT2D eigenvalue weighted by Gasteiger charge is -2.32. The zero-order valence-corrected chi connectivity index (χ0v) is 12.4. The van der Waals surface area contributed by atoms with Crippen LogP contribution in [-0.4, -0.2) is 44.3 Å². The van der Waals surface area contributed by atoms with E-state index in [1.54, 1.807) is 18.3 Å². The van der Waals surface area contributed by atoms with E-state index in [-0.39, 0.29) is 5.69 Å². The minimum Gasteiger partial charge on any atom is -0.480 e. The van der Waals surface area contributed by atoms with E-state index in [2.05, 4.69) is 5.10 Å². The summed E-state index contributed by atoms with van der Waals surface area (Å²) in [6.07, 6.45) is 3.58. The lowest BCUT2D eigenvalue weighted by molar-refractivity contribution is -0.143. The lowest BCUT2D eigenvalue weighted by Crippen LogP contribution is -2.48. The molecule has 1 fully saturated rings. The molecular weight excluding hydrogens is 301 g/mol. The number of carbonyl (C=O) groups excluding carboxylic acids is 1. The Hall–Kier alpha value is -2.70. The molecule has 1 aliphatic heterocycles. The Morgan fingerprint density at radius 1 is 1.26 bits per heavy atom. The quantitative estimate of drug-likeness (QED) is 0.940. The number of carboxylic acid groups (broad SMARTS) is 1. The monoisotopic (exact) mass is 317 g/mol. The molecule has 2 heterocycles. The number of benzene rings is 1. The molecule has 3 rings (SSSR count). The second kappa shape index (κ2) is 6.20. The maximum absolute atomic E-state index is 13.3. The van der Waals surface area contributed by atoms with Gasteiger partial charge in [-0.25, -0.2) is 13.9 Å². The highest BCUT2D eigenvalue weighted by atomic mass is 19.1. The molecule has 1 aromatic carbocycles. The molecule has 1 amide bonds. The van der Waals surface area contributed by atoms with Crippen LogP contribution in [0, 0.1) is 5.82 Å². The number of amides is 1. The maximum atomic E-state index is 13.3. The fourth-order valence-electron chi connectivity index (χ4n) is 2.78. The average molecular weight is 317 g/mol. The summed E-state index contributed by atoms with van der Waals surface area (Å²) in [6, 6.07) is 6.56. The number of hydrogen-bond donors (Lipinski definition) is 1. The Morgan fingerprint density at radius 3 is 2.83 bits per heavy atom.